The van der Waals surface area contributed by atoms with Gasteiger partial charge in [0.1, 0.15) is 34.9 Å². The Morgan fingerprint density at radius 3 is 2.17 bits per heavy atom. The predicted octanol–water partition coefficient (Wildman–Crippen LogP) is 4.78. The quantitative estimate of drug-likeness (QED) is 0.507. The third-order valence-corrected chi connectivity index (χ3v) is 9.06. The highest BCUT2D eigenvalue weighted by atomic mass is 32.3. The number of hydrogen-bond acceptors (Lipinski definition) is 6. The van der Waals surface area contributed by atoms with Crippen molar-refractivity contribution in [2.45, 2.75) is 15.0 Å². The first-order chi connectivity index (χ1) is 14.4. The molecule has 30 heavy (non-hydrogen) atoms. The molecule has 0 amide bonds. The number of hydrogen-bond donors (Lipinski definition) is 2. The second-order valence-corrected chi connectivity index (χ2v) is 11.1. The molecule has 1 unspecified atom stereocenters. The fourth-order valence-electron chi connectivity index (χ4n) is 3.49. The minimum absolute atomic E-state index is 0.153. The van der Waals surface area contributed by atoms with E-state index >= 15 is 0 Å². The standard InChI is InChI=1S/C22H22O6S2/c23-29(24)16-21(30(25,26)18-10-5-2-6-11-18)19-12-7-13-20(22(19)29)28-15-14-27-17-8-3-1-4-9-17/h1-13,21,23-24H,14-16H2. The summed E-state index contributed by atoms with van der Waals surface area (Å²) in [4.78, 5) is 0.329. The minimum atomic E-state index is -3.78. The van der Waals surface area contributed by atoms with Gasteiger partial charge in [-0.1, -0.05) is 48.5 Å². The van der Waals surface area contributed by atoms with Gasteiger partial charge < -0.3 is 9.47 Å². The lowest BCUT2D eigenvalue weighted by Crippen LogP contribution is -2.15. The average Bonchev–Trinajstić information content (AvgIpc) is 3.05. The van der Waals surface area contributed by atoms with Crippen LogP contribution in [-0.2, 0) is 9.84 Å². The van der Waals surface area contributed by atoms with Gasteiger partial charge in [-0.15, -0.1) is 0 Å². The second kappa shape index (κ2) is 8.31. The third-order valence-electron chi connectivity index (χ3n) is 4.87. The average molecular weight is 447 g/mol. The molecule has 0 radical (unpaired) electrons. The fourth-order valence-corrected chi connectivity index (χ4v) is 8.05. The van der Waals surface area contributed by atoms with Crippen LogP contribution >= 0.6 is 10.6 Å². The molecule has 4 rings (SSSR count). The summed E-state index contributed by atoms with van der Waals surface area (Å²) in [6.07, 6.45) is 0. The molecule has 0 saturated heterocycles. The molecule has 0 saturated carbocycles. The lowest BCUT2D eigenvalue weighted by molar-refractivity contribution is 0.213. The van der Waals surface area contributed by atoms with Crippen LogP contribution in [0.4, 0.5) is 0 Å². The number of sulfone groups is 1. The first-order valence-corrected chi connectivity index (χ1v) is 12.6. The van der Waals surface area contributed by atoms with Crippen molar-refractivity contribution in [1.82, 2.24) is 0 Å². The normalized spacial score (nSPS) is 18.4. The zero-order chi connectivity index (χ0) is 21.2. The summed E-state index contributed by atoms with van der Waals surface area (Å²) in [7, 11) is -7.09. The SMILES string of the molecule is O=S(=O)(c1ccccc1)C1CS(O)(O)c2c(OCCOc3ccccc3)cccc21. The Bertz CT molecular complexity index is 1110. The largest absolute Gasteiger partial charge is 0.490 e. The minimum Gasteiger partial charge on any atom is -0.490 e. The van der Waals surface area contributed by atoms with E-state index in [0.717, 1.165) is 0 Å². The Balaban J connectivity index is 1.56. The fraction of sp³-hybridized carbons (Fsp3) is 0.182. The monoisotopic (exact) mass is 446 g/mol. The van der Waals surface area contributed by atoms with Crippen LogP contribution in [0.25, 0.3) is 0 Å². The molecule has 2 N–H and O–H groups in total. The van der Waals surface area contributed by atoms with Crippen LogP contribution in [0.3, 0.4) is 0 Å². The van der Waals surface area contributed by atoms with Gasteiger partial charge in [0, 0.05) is 0 Å². The topological polar surface area (TPSA) is 93.1 Å². The highest BCUT2D eigenvalue weighted by Gasteiger charge is 2.44. The van der Waals surface area contributed by atoms with E-state index in [4.69, 9.17) is 9.47 Å². The highest BCUT2D eigenvalue weighted by molar-refractivity contribution is 8.25. The predicted molar refractivity (Wildman–Crippen MR) is 116 cm³/mol. The Morgan fingerprint density at radius 2 is 1.47 bits per heavy atom. The molecule has 1 atom stereocenters. The maximum Gasteiger partial charge on any atom is 0.187 e. The van der Waals surface area contributed by atoms with Crippen LogP contribution < -0.4 is 9.47 Å². The number of fused-ring (bicyclic) bond motifs is 1. The van der Waals surface area contributed by atoms with E-state index in [-0.39, 0.29) is 34.5 Å². The summed E-state index contributed by atoms with van der Waals surface area (Å²) < 4.78 is 59.0. The lowest BCUT2D eigenvalue weighted by Gasteiger charge is -2.29. The molecule has 0 aliphatic carbocycles. The molecule has 3 aromatic rings. The van der Waals surface area contributed by atoms with Gasteiger partial charge >= 0.3 is 0 Å². The zero-order valence-electron chi connectivity index (χ0n) is 16.0. The van der Waals surface area contributed by atoms with Gasteiger partial charge in [0.2, 0.25) is 0 Å². The van der Waals surface area contributed by atoms with Crippen molar-refractivity contribution < 1.29 is 27.0 Å². The summed E-state index contributed by atoms with van der Waals surface area (Å²) >= 11 is 0. The molecule has 0 aromatic heterocycles. The molecule has 1 aliphatic rings. The number of para-hydroxylation sites is 1. The number of benzene rings is 3. The molecular formula is C22H22O6S2. The summed E-state index contributed by atoms with van der Waals surface area (Å²) in [5, 5.41) is -1.04. The van der Waals surface area contributed by atoms with Crippen LogP contribution in [0.5, 0.6) is 11.5 Å². The van der Waals surface area contributed by atoms with Gasteiger partial charge in [0.15, 0.2) is 9.84 Å². The molecule has 8 heteroatoms. The molecule has 6 nitrogen and oxygen atoms in total. The van der Waals surface area contributed by atoms with E-state index in [1.165, 1.54) is 12.1 Å². The van der Waals surface area contributed by atoms with Gasteiger partial charge in [-0.25, -0.2) is 8.42 Å². The Hall–Kier alpha value is -2.52. The summed E-state index contributed by atoms with van der Waals surface area (Å²) in [6, 6.07) is 22.2. The molecule has 0 bridgehead atoms. The second-order valence-electron chi connectivity index (χ2n) is 6.86. The summed E-state index contributed by atoms with van der Waals surface area (Å²) in [6.45, 7) is 0.440. The first kappa shape index (κ1) is 20.7. The molecule has 158 valence electrons. The van der Waals surface area contributed by atoms with Crippen molar-refractivity contribution in [2.75, 3.05) is 19.0 Å². The van der Waals surface area contributed by atoms with Crippen molar-refractivity contribution >= 4 is 20.4 Å². The molecule has 3 aromatic carbocycles. The lowest BCUT2D eigenvalue weighted by atomic mass is 10.1. The van der Waals surface area contributed by atoms with E-state index in [9.17, 15) is 17.5 Å². The van der Waals surface area contributed by atoms with Crippen LogP contribution in [0.15, 0.2) is 88.7 Å². The molecule has 0 spiro atoms. The van der Waals surface area contributed by atoms with Crippen LogP contribution in [0.2, 0.25) is 0 Å². The van der Waals surface area contributed by atoms with Gasteiger partial charge in [-0.2, -0.15) is 10.6 Å². The van der Waals surface area contributed by atoms with Crippen LogP contribution in [0.1, 0.15) is 10.8 Å². The first-order valence-electron chi connectivity index (χ1n) is 9.38. The molecule has 1 aliphatic heterocycles. The van der Waals surface area contributed by atoms with E-state index in [1.54, 1.807) is 36.4 Å². The maximum atomic E-state index is 13.1. The molecular weight excluding hydrogens is 424 g/mol. The van der Waals surface area contributed by atoms with E-state index in [2.05, 4.69) is 0 Å². The van der Waals surface area contributed by atoms with Gasteiger partial charge in [0.25, 0.3) is 0 Å². The summed E-state index contributed by atoms with van der Waals surface area (Å²) in [5.41, 5.74) is 0.375. The smallest absolute Gasteiger partial charge is 0.187 e. The van der Waals surface area contributed by atoms with Gasteiger partial charge in [0.05, 0.1) is 10.6 Å². The zero-order valence-corrected chi connectivity index (χ0v) is 17.7. The molecule has 0 fully saturated rings. The van der Waals surface area contributed by atoms with E-state index < -0.39 is 25.7 Å². The Labute approximate surface area is 177 Å². The maximum absolute atomic E-state index is 13.1. The Morgan fingerprint density at radius 1 is 0.833 bits per heavy atom. The van der Waals surface area contributed by atoms with Crippen molar-refractivity contribution in [3.8, 4) is 11.5 Å². The van der Waals surface area contributed by atoms with Crippen molar-refractivity contribution in [3.05, 3.63) is 84.4 Å². The van der Waals surface area contributed by atoms with Crippen LogP contribution in [-0.4, -0.2) is 36.5 Å². The van der Waals surface area contributed by atoms with E-state index in [1.807, 2.05) is 30.3 Å². The van der Waals surface area contributed by atoms with Crippen molar-refractivity contribution in [2.24, 2.45) is 0 Å². The van der Waals surface area contributed by atoms with Gasteiger partial charge in [-0.3, -0.25) is 9.11 Å². The number of rotatable bonds is 7. The van der Waals surface area contributed by atoms with Crippen molar-refractivity contribution in [3.63, 3.8) is 0 Å². The number of ether oxygens (including phenoxy) is 2. The highest BCUT2D eigenvalue weighted by Crippen LogP contribution is 2.64. The van der Waals surface area contributed by atoms with Gasteiger partial charge in [-0.05, 0) is 35.9 Å². The molecule has 1 heterocycles. The van der Waals surface area contributed by atoms with Crippen LogP contribution in [0, 0.1) is 0 Å². The third kappa shape index (κ3) is 4.04. The van der Waals surface area contributed by atoms with Crippen molar-refractivity contribution in [1.29, 1.82) is 0 Å². The van der Waals surface area contributed by atoms with E-state index in [0.29, 0.717) is 11.3 Å². The summed E-state index contributed by atoms with van der Waals surface area (Å²) in [5.74, 6) is 0.702. The Kier molecular flexibility index (Phi) is 5.75.